The normalized spacial score (nSPS) is 13.5. The van der Waals surface area contributed by atoms with Crippen molar-refractivity contribution in [3.63, 3.8) is 0 Å². The zero-order chi connectivity index (χ0) is 23.7. The predicted molar refractivity (Wildman–Crippen MR) is 131 cm³/mol. The lowest BCUT2D eigenvalue weighted by molar-refractivity contribution is -0.120. The van der Waals surface area contributed by atoms with Gasteiger partial charge in [-0.3, -0.25) is 14.4 Å². The lowest BCUT2D eigenvalue weighted by Crippen LogP contribution is -2.33. The van der Waals surface area contributed by atoms with Gasteiger partial charge in [0, 0.05) is 18.3 Å². The molecule has 6 nitrogen and oxygen atoms in total. The van der Waals surface area contributed by atoms with Crippen molar-refractivity contribution in [3.8, 4) is 0 Å². The highest BCUT2D eigenvalue weighted by atomic mass is 16.2. The maximum atomic E-state index is 13.6. The van der Waals surface area contributed by atoms with Gasteiger partial charge in [-0.2, -0.15) is 0 Å². The van der Waals surface area contributed by atoms with E-state index in [4.69, 9.17) is 0 Å². The van der Waals surface area contributed by atoms with E-state index >= 15 is 0 Å². The number of nitrogens with one attached hydrogen (secondary N) is 2. The first-order chi connectivity index (χ1) is 15.8. The fraction of sp³-hybridized carbons (Fsp3) is 0.148. The number of benzene rings is 3. The third kappa shape index (κ3) is 4.28. The minimum Gasteiger partial charge on any atom is -0.350 e. The molecular weight excluding hydrogens is 414 g/mol. The summed E-state index contributed by atoms with van der Waals surface area (Å²) in [5, 5.41) is 5.90. The molecule has 1 aliphatic rings. The molecule has 1 aliphatic heterocycles. The Morgan fingerprint density at radius 2 is 1.52 bits per heavy atom. The molecule has 2 N–H and O–H groups in total. The maximum absolute atomic E-state index is 13.6. The highest BCUT2D eigenvalue weighted by Gasteiger charge is 2.41. The lowest BCUT2D eigenvalue weighted by Gasteiger charge is -2.19. The molecule has 3 aromatic carbocycles. The molecular formula is C27H25N3O3. The van der Waals surface area contributed by atoms with E-state index in [0.717, 1.165) is 22.4 Å². The van der Waals surface area contributed by atoms with Crippen LogP contribution in [-0.2, 0) is 14.4 Å². The Balaban J connectivity index is 1.82. The Kier molecular flexibility index (Phi) is 5.84. The number of carbonyl (C=O) groups is 3. The van der Waals surface area contributed by atoms with Gasteiger partial charge in [-0.1, -0.05) is 36.4 Å². The van der Waals surface area contributed by atoms with Gasteiger partial charge in [0.2, 0.25) is 5.91 Å². The molecule has 33 heavy (non-hydrogen) atoms. The number of hydrogen-bond donors (Lipinski definition) is 2. The summed E-state index contributed by atoms with van der Waals surface area (Å²) in [6.07, 6.45) is 0. The number of hydrogen-bond acceptors (Lipinski definition) is 4. The van der Waals surface area contributed by atoms with E-state index in [9.17, 15) is 14.4 Å². The fourth-order valence-corrected chi connectivity index (χ4v) is 3.90. The van der Waals surface area contributed by atoms with Crippen molar-refractivity contribution in [3.05, 3.63) is 94.7 Å². The van der Waals surface area contributed by atoms with Gasteiger partial charge in [0.15, 0.2) is 0 Å². The molecule has 1 heterocycles. The van der Waals surface area contributed by atoms with Crippen LogP contribution in [0.5, 0.6) is 0 Å². The van der Waals surface area contributed by atoms with Crippen molar-refractivity contribution in [2.24, 2.45) is 0 Å². The second kappa shape index (κ2) is 8.74. The van der Waals surface area contributed by atoms with E-state index in [1.54, 1.807) is 30.3 Å². The number of aryl methyl sites for hydroxylation is 2. The summed E-state index contributed by atoms with van der Waals surface area (Å²) in [5.41, 5.74) is 5.90. The van der Waals surface area contributed by atoms with Gasteiger partial charge in [0.25, 0.3) is 11.8 Å². The quantitative estimate of drug-likeness (QED) is 0.551. The average molecular weight is 440 g/mol. The number of carbonyl (C=O) groups excluding carboxylic acids is 3. The third-order valence-corrected chi connectivity index (χ3v) is 5.68. The molecule has 0 bridgehead atoms. The second-order valence-electron chi connectivity index (χ2n) is 8.17. The molecule has 0 atom stereocenters. The Bertz CT molecular complexity index is 1310. The van der Waals surface area contributed by atoms with Gasteiger partial charge < -0.3 is 10.6 Å². The smallest absolute Gasteiger partial charge is 0.282 e. The van der Waals surface area contributed by atoms with Gasteiger partial charge >= 0.3 is 0 Å². The van der Waals surface area contributed by atoms with Crippen LogP contribution in [0, 0.1) is 20.8 Å². The summed E-state index contributed by atoms with van der Waals surface area (Å²) >= 11 is 0. The Morgan fingerprint density at radius 1 is 0.818 bits per heavy atom. The third-order valence-electron chi connectivity index (χ3n) is 5.68. The van der Waals surface area contributed by atoms with Crippen molar-refractivity contribution in [2.45, 2.75) is 27.7 Å². The van der Waals surface area contributed by atoms with E-state index in [1.807, 2.05) is 57.2 Å². The van der Waals surface area contributed by atoms with Crippen molar-refractivity contribution in [2.75, 3.05) is 15.5 Å². The summed E-state index contributed by atoms with van der Waals surface area (Å²) in [6, 6.07) is 20.1. The van der Waals surface area contributed by atoms with Crippen LogP contribution < -0.4 is 15.5 Å². The standard InChI is InChI=1S/C27H25N3O3/c1-16-7-5-9-22(15-16)29-25-24(20-11-13-21(14-12-20)28-19(4)31)26(32)30(27(25)33)23-10-6-8-17(2)18(23)3/h5-15,29H,1-4H3,(H,28,31). The SMILES string of the molecule is CC(=O)Nc1ccc(C2=C(Nc3cccc(C)c3)C(=O)N(c3cccc(C)c3C)C2=O)cc1. The van der Waals surface area contributed by atoms with Gasteiger partial charge in [0.05, 0.1) is 11.3 Å². The first kappa shape index (κ1) is 22.0. The molecule has 166 valence electrons. The summed E-state index contributed by atoms with van der Waals surface area (Å²) in [6.45, 7) is 7.25. The monoisotopic (exact) mass is 439 g/mol. The summed E-state index contributed by atoms with van der Waals surface area (Å²) in [5.74, 6) is -0.982. The molecule has 0 aromatic heterocycles. The number of rotatable bonds is 5. The van der Waals surface area contributed by atoms with E-state index in [0.29, 0.717) is 16.9 Å². The van der Waals surface area contributed by atoms with Crippen molar-refractivity contribution < 1.29 is 14.4 Å². The number of amides is 3. The highest BCUT2D eigenvalue weighted by Crippen LogP contribution is 2.36. The zero-order valence-corrected chi connectivity index (χ0v) is 19.0. The molecule has 3 aromatic rings. The number of anilines is 3. The highest BCUT2D eigenvalue weighted by molar-refractivity contribution is 6.46. The molecule has 0 unspecified atom stereocenters. The van der Waals surface area contributed by atoms with Crippen LogP contribution in [0.15, 0.2) is 72.4 Å². The minimum absolute atomic E-state index is 0.183. The Hall–Kier alpha value is -4.19. The molecule has 0 radical (unpaired) electrons. The summed E-state index contributed by atoms with van der Waals surface area (Å²) < 4.78 is 0. The fourth-order valence-electron chi connectivity index (χ4n) is 3.90. The molecule has 0 fully saturated rings. The maximum Gasteiger partial charge on any atom is 0.282 e. The van der Waals surface area contributed by atoms with Crippen LogP contribution >= 0.6 is 0 Å². The van der Waals surface area contributed by atoms with Crippen LogP contribution in [0.4, 0.5) is 17.1 Å². The predicted octanol–water partition coefficient (Wildman–Crippen LogP) is 4.97. The summed E-state index contributed by atoms with van der Waals surface area (Å²) in [7, 11) is 0. The molecule has 4 rings (SSSR count). The van der Waals surface area contributed by atoms with Gasteiger partial charge in [-0.15, -0.1) is 0 Å². The summed E-state index contributed by atoms with van der Waals surface area (Å²) in [4.78, 5) is 39.8. The van der Waals surface area contributed by atoms with Crippen LogP contribution in [-0.4, -0.2) is 17.7 Å². The van der Waals surface area contributed by atoms with Gasteiger partial charge in [-0.25, -0.2) is 4.90 Å². The van der Waals surface area contributed by atoms with Gasteiger partial charge in [-0.05, 0) is 73.4 Å². The number of nitrogens with zero attached hydrogens (tertiary/aromatic N) is 1. The molecule has 0 aliphatic carbocycles. The van der Waals surface area contributed by atoms with E-state index in [-0.39, 0.29) is 17.2 Å². The topological polar surface area (TPSA) is 78.5 Å². The first-order valence-electron chi connectivity index (χ1n) is 10.7. The van der Waals surface area contributed by atoms with Crippen molar-refractivity contribution in [1.82, 2.24) is 0 Å². The van der Waals surface area contributed by atoms with Crippen LogP contribution in [0.2, 0.25) is 0 Å². The molecule has 3 amide bonds. The zero-order valence-electron chi connectivity index (χ0n) is 19.0. The largest absolute Gasteiger partial charge is 0.350 e. The van der Waals surface area contributed by atoms with E-state index in [1.165, 1.54) is 11.8 Å². The molecule has 0 saturated carbocycles. The molecule has 0 spiro atoms. The number of imide groups is 1. The van der Waals surface area contributed by atoms with Crippen LogP contribution in [0.25, 0.3) is 5.57 Å². The minimum atomic E-state index is -0.406. The lowest BCUT2D eigenvalue weighted by atomic mass is 10.0. The van der Waals surface area contributed by atoms with Crippen molar-refractivity contribution >= 4 is 40.4 Å². The first-order valence-corrected chi connectivity index (χ1v) is 10.7. The van der Waals surface area contributed by atoms with E-state index in [2.05, 4.69) is 10.6 Å². The Labute approximate surface area is 192 Å². The average Bonchev–Trinajstić information content (AvgIpc) is 3.00. The Morgan fingerprint density at radius 3 is 2.18 bits per heavy atom. The van der Waals surface area contributed by atoms with Crippen molar-refractivity contribution in [1.29, 1.82) is 0 Å². The van der Waals surface area contributed by atoms with Crippen LogP contribution in [0.3, 0.4) is 0 Å². The van der Waals surface area contributed by atoms with E-state index < -0.39 is 11.8 Å². The van der Waals surface area contributed by atoms with Gasteiger partial charge in [0.1, 0.15) is 5.70 Å². The molecule has 0 saturated heterocycles. The second-order valence-corrected chi connectivity index (χ2v) is 8.17. The van der Waals surface area contributed by atoms with Crippen LogP contribution in [0.1, 0.15) is 29.2 Å². The molecule has 6 heteroatoms.